The molecule has 4 heteroatoms. The van der Waals surface area contributed by atoms with Crippen LogP contribution in [0.4, 0.5) is 5.69 Å². The number of carboxylic acid groups (broad SMARTS) is 1. The molecule has 1 aromatic heterocycles. The molecule has 1 aromatic carbocycles. The zero-order chi connectivity index (χ0) is 13.9. The molecular formula is C16H16N2O2. The van der Waals surface area contributed by atoms with Gasteiger partial charge < -0.3 is 10.0 Å². The van der Waals surface area contributed by atoms with Crippen molar-refractivity contribution in [3.63, 3.8) is 0 Å². The first kappa shape index (κ1) is 12.7. The second-order valence-corrected chi connectivity index (χ2v) is 5.01. The molecule has 4 nitrogen and oxygen atoms in total. The Bertz CT molecular complexity index is 613. The highest BCUT2D eigenvalue weighted by molar-refractivity contribution is 5.82. The molecule has 2 aromatic rings. The number of para-hydroxylation sites is 1. The fourth-order valence-electron chi connectivity index (χ4n) is 2.72. The van der Waals surface area contributed by atoms with Crippen molar-refractivity contribution in [3.05, 3.63) is 59.9 Å². The Labute approximate surface area is 117 Å². The third kappa shape index (κ3) is 2.37. The molecule has 1 aliphatic heterocycles. The molecule has 0 saturated carbocycles. The summed E-state index contributed by atoms with van der Waals surface area (Å²) in [6.07, 6.45) is 4.49. The molecule has 3 rings (SSSR count). The topological polar surface area (TPSA) is 53.4 Å². The van der Waals surface area contributed by atoms with Gasteiger partial charge in [-0.3, -0.25) is 9.78 Å². The number of hydrogen-bond acceptors (Lipinski definition) is 3. The molecule has 0 fully saturated rings. The van der Waals surface area contributed by atoms with E-state index in [9.17, 15) is 9.90 Å². The van der Waals surface area contributed by atoms with Gasteiger partial charge in [0.2, 0.25) is 0 Å². The lowest BCUT2D eigenvalue weighted by molar-refractivity contribution is -0.138. The van der Waals surface area contributed by atoms with Gasteiger partial charge in [0.05, 0.1) is 0 Å². The molecular weight excluding hydrogens is 252 g/mol. The summed E-state index contributed by atoms with van der Waals surface area (Å²) < 4.78 is 0. The summed E-state index contributed by atoms with van der Waals surface area (Å²) in [6, 6.07) is 11.7. The molecule has 1 aliphatic rings. The van der Waals surface area contributed by atoms with Crippen LogP contribution in [0.3, 0.4) is 0 Å². The third-order valence-electron chi connectivity index (χ3n) is 3.75. The Morgan fingerprint density at radius 2 is 2.15 bits per heavy atom. The highest BCUT2D eigenvalue weighted by Crippen LogP contribution is 2.36. The SMILES string of the molecule is O=C(O)C1CN(CCc2cccnc2)c2ccccc21. The summed E-state index contributed by atoms with van der Waals surface area (Å²) in [5.74, 6) is -1.17. The van der Waals surface area contributed by atoms with Gasteiger partial charge in [0, 0.05) is 31.2 Å². The molecule has 0 aliphatic carbocycles. The highest BCUT2D eigenvalue weighted by atomic mass is 16.4. The summed E-state index contributed by atoms with van der Waals surface area (Å²) in [4.78, 5) is 17.6. The fraction of sp³-hybridized carbons (Fsp3) is 0.250. The molecule has 0 bridgehead atoms. The molecule has 0 saturated heterocycles. The average Bonchev–Trinajstić information content (AvgIpc) is 2.85. The molecule has 0 spiro atoms. The van der Waals surface area contributed by atoms with Crippen molar-refractivity contribution < 1.29 is 9.90 Å². The van der Waals surface area contributed by atoms with E-state index < -0.39 is 11.9 Å². The van der Waals surface area contributed by atoms with Crippen LogP contribution >= 0.6 is 0 Å². The van der Waals surface area contributed by atoms with E-state index in [1.807, 2.05) is 42.6 Å². The summed E-state index contributed by atoms with van der Waals surface area (Å²) in [5, 5.41) is 9.33. The second kappa shape index (κ2) is 5.33. The Morgan fingerprint density at radius 1 is 1.30 bits per heavy atom. The van der Waals surface area contributed by atoms with E-state index >= 15 is 0 Å². The van der Waals surface area contributed by atoms with Crippen LogP contribution in [0.25, 0.3) is 0 Å². The third-order valence-corrected chi connectivity index (χ3v) is 3.75. The molecule has 1 unspecified atom stereocenters. The van der Waals surface area contributed by atoms with Crippen LogP contribution in [0, 0.1) is 0 Å². The van der Waals surface area contributed by atoms with Crippen molar-refractivity contribution in [2.75, 3.05) is 18.0 Å². The van der Waals surface area contributed by atoms with Crippen LogP contribution in [0.5, 0.6) is 0 Å². The van der Waals surface area contributed by atoms with Gasteiger partial charge in [-0.1, -0.05) is 24.3 Å². The number of rotatable bonds is 4. The number of fused-ring (bicyclic) bond motifs is 1. The molecule has 0 amide bonds. The summed E-state index contributed by atoms with van der Waals surface area (Å²) in [6.45, 7) is 1.36. The van der Waals surface area contributed by atoms with E-state index in [1.54, 1.807) is 6.20 Å². The van der Waals surface area contributed by atoms with Crippen molar-refractivity contribution in [2.45, 2.75) is 12.3 Å². The monoisotopic (exact) mass is 268 g/mol. The number of nitrogens with zero attached hydrogens (tertiary/aromatic N) is 2. The second-order valence-electron chi connectivity index (χ2n) is 5.01. The first-order chi connectivity index (χ1) is 9.75. The lowest BCUT2D eigenvalue weighted by Gasteiger charge is -2.19. The van der Waals surface area contributed by atoms with Gasteiger partial charge in [0.15, 0.2) is 0 Å². The summed E-state index contributed by atoms with van der Waals surface area (Å²) in [7, 11) is 0. The molecule has 2 heterocycles. The van der Waals surface area contributed by atoms with Crippen LogP contribution in [0.15, 0.2) is 48.8 Å². The van der Waals surface area contributed by atoms with Crippen LogP contribution in [0.1, 0.15) is 17.0 Å². The number of benzene rings is 1. The van der Waals surface area contributed by atoms with E-state index in [4.69, 9.17) is 0 Å². The maximum Gasteiger partial charge on any atom is 0.312 e. The van der Waals surface area contributed by atoms with Crippen LogP contribution in [0.2, 0.25) is 0 Å². The summed E-state index contributed by atoms with van der Waals surface area (Å²) in [5.41, 5.74) is 3.14. The summed E-state index contributed by atoms with van der Waals surface area (Å²) >= 11 is 0. The standard InChI is InChI=1S/C16H16N2O2/c19-16(20)14-11-18(15-6-2-1-5-13(14)15)9-7-12-4-3-8-17-10-12/h1-6,8,10,14H,7,9,11H2,(H,19,20). The first-order valence-corrected chi connectivity index (χ1v) is 6.71. The van der Waals surface area contributed by atoms with E-state index in [-0.39, 0.29) is 0 Å². The zero-order valence-corrected chi connectivity index (χ0v) is 11.1. The van der Waals surface area contributed by atoms with Gasteiger partial charge in [-0.05, 0) is 29.7 Å². The van der Waals surface area contributed by atoms with Crippen molar-refractivity contribution in [3.8, 4) is 0 Å². The van der Waals surface area contributed by atoms with Crippen molar-refractivity contribution in [1.29, 1.82) is 0 Å². The number of carboxylic acids is 1. The maximum atomic E-state index is 11.3. The number of aromatic nitrogens is 1. The Kier molecular flexibility index (Phi) is 3.37. The van der Waals surface area contributed by atoms with Gasteiger partial charge in [-0.25, -0.2) is 0 Å². The smallest absolute Gasteiger partial charge is 0.312 e. The van der Waals surface area contributed by atoms with Crippen molar-refractivity contribution in [2.24, 2.45) is 0 Å². The zero-order valence-electron chi connectivity index (χ0n) is 11.1. The fourth-order valence-corrected chi connectivity index (χ4v) is 2.72. The number of pyridine rings is 1. The Morgan fingerprint density at radius 3 is 2.90 bits per heavy atom. The van der Waals surface area contributed by atoms with Gasteiger partial charge in [-0.2, -0.15) is 0 Å². The van der Waals surface area contributed by atoms with Gasteiger partial charge in [0.25, 0.3) is 0 Å². The largest absolute Gasteiger partial charge is 0.481 e. The van der Waals surface area contributed by atoms with E-state index in [1.165, 1.54) is 5.56 Å². The van der Waals surface area contributed by atoms with Crippen LogP contribution in [-0.4, -0.2) is 29.1 Å². The molecule has 20 heavy (non-hydrogen) atoms. The molecule has 0 radical (unpaired) electrons. The highest BCUT2D eigenvalue weighted by Gasteiger charge is 2.32. The lowest BCUT2D eigenvalue weighted by atomic mass is 10.0. The van der Waals surface area contributed by atoms with Crippen molar-refractivity contribution in [1.82, 2.24) is 4.98 Å². The first-order valence-electron chi connectivity index (χ1n) is 6.71. The van der Waals surface area contributed by atoms with Crippen molar-refractivity contribution >= 4 is 11.7 Å². The minimum absolute atomic E-state index is 0.417. The van der Waals surface area contributed by atoms with E-state index in [0.717, 1.165) is 24.2 Å². The Hall–Kier alpha value is -2.36. The van der Waals surface area contributed by atoms with Gasteiger partial charge in [-0.15, -0.1) is 0 Å². The number of aliphatic carboxylic acids is 1. The van der Waals surface area contributed by atoms with Gasteiger partial charge >= 0.3 is 5.97 Å². The minimum Gasteiger partial charge on any atom is -0.481 e. The number of carbonyl (C=O) groups is 1. The van der Waals surface area contributed by atoms with E-state index in [2.05, 4.69) is 9.88 Å². The average molecular weight is 268 g/mol. The quantitative estimate of drug-likeness (QED) is 0.924. The molecule has 1 N–H and O–H groups in total. The van der Waals surface area contributed by atoms with Crippen LogP contribution < -0.4 is 4.90 Å². The van der Waals surface area contributed by atoms with E-state index in [0.29, 0.717) is 6.54 Å². The normalized spacial score (nSPS) is 17.0. The lowest BCUT2D eigenvalue weighted by Crippen LogP contribution is -2.26. The predicted octanol–water partition coefficient (Wildman–Crippen LogP) is 2.31. The molecule has 1 atom stereocenters. The van der Waals surface area contributed by atoms with Gasteiger partial charge in [0.1, 0.15) is 5.92 Å². The number of anilines is 1. The predicted molar refractivity (Wildman–Crippen MR) is 77.0 cm³/mol. The number of hydrogen-bond donors (Lipinski definition) is 1. The maximum absolute atomic E-state index is 11.3. The minimum atomic E-state index is -0.749. The molecule has 102 valence electrons. The van der Waals surface area contributed by atoms with Crippen LogP contribution in [-0.2, 0) is 11.2 Å². The Balaban J connectivity index is 1.77.